The predicted molar refractivity (Wildman–Crippen MR) is 83.1 cm³/mol. The molecule has 1 N–H and O–H groups in total. The molecule has 0 aliphatic carbocycles. The molecule has 1 aromatic carbocycles. The lowest BCUT2D eigenvalue weighted by molar-refractivity contribution is -0.128. The zero-order chi connectivity index (χ0) is 15.1. The standard InChI is InChI=1S/C17H27NO2/c1-6-14(7-2)18-17(19)16(8-3)20-15-10-12(4)9-13(5)11-15/h9-11,14,16H,6-8H2,1-5H3,(H,18,19). The lowest BCUT2D eigenvalue weighted by Crippen LogP contribution is -2.43. The summed E-state index contributed by atoms with van der Waals surface area (Å²) in [4.78, 5) is 12.2. The fourth-order valence-electron chi connectivity index (χ4n) is 2.27. The van der Waals surface area contributed by atoms with Gasteiger partial charge in [0.15, 0.2) is 6.10 Å². The van der Waals surface area contributed by atoms with Gasteiger partial charge in [-0.3, -0.25) is 4.79 Å². The van der Waals surface area contributed by atoms with Crippen LogP contribution in [-0.4, -0.2) is 18.1 Å². The topological polar surface area (TPSA) is 38.3 Å². The molecule has 3 nitrogen and oxygen atoms in total. The monoisotopic (exact) mass is 277 g/mol. The fraction of sp³-hybridized carbons (Fsp3) is 0.588. The van der Waals surface area contributed by atoms with Crippen LogP contribution in [0.4, 0.5) is 0 Å². The zero-order valence-electron chi connectivity index (χ0n) is 13.3. The van der Waals surface area contributed by atoms with E-state index < -0.39 is 6.10 Å². The van der Waals surface area contributed by atoms with E-state index in [1.165, 1.54) is 0 Å². The zero-order valence-corrected chi connectivity index (χ0v) is 13.3. The third-order valence-corrected chi connectivity index (χ3v) is 3.47. The van der Waals surface area contributed by atoms with Gasteiger partial charge >= 0.3 is 0 Å². The molecular formula is C17H27NO2. The average molecular weight is 277 g/mol. The number of carbonyl (C=O) groups is 1. The van der Waals surface area contributed by atoms with Crippen LogP contribution in [0.2, 0.25) is 0 Å². The van der Waals surface area contributed by atoms with E-state index in [9.17, 15) is 4.79 Å². The molecule has 0 aliphatic rings. The minimum atomic E-state index is -0.420. The van der Waals surface area contributed by atoms with Gasteiger partial charge in [-0.25, -0.2) is 0 Å². The molecule has 0 bridgehead atoms. The van der Waals surface area contributed by atoms with Crippen molar-refractivity contribution >= 4 is 5.91 Å². The third kappa shape index (κ3) is 4.87. The number of rotatable bonds is 7. The molecule has 112 valence electrons. The normalized spacial score (nSPS) is 12.3. The van der Waals surface area contributed by atoms with Crippen molar-refractivity contribution in [3.8, 4) is 5.75 Å². The second-order valence-electron chi connectivity index (χ2n) is 5.36. The summed E-state index contributed by atoms with van der Waals surface area (Å²) in [5.74, 6) is 0.759. The molecule has 0 saturated heterocycles. The molecule has 20 heavy (non-hydrogen) atoms. The van der Waals surface area contributed by atoms with Crippen LogP contribution in [0.15, 0.2) is 18.2 Å². The maximum atomic E-state index is 12.2. The number of aryl methyl sites for hydroxylation is 2. The van der Waals surface area contributed by atoms with Crippen LogP contribution < -0.4 is 10.1 Å². The smallest absolute Gasteiger partial charge is 0.261 e. The molecule has 1 rings (SSSR count). The number of nitrogens with one attached hydrogen (secondary N) is 1. The maximum Gasteiger partial charge on any atom is 0.261 e. The van der Waals surface area contributed by atoms with Gasteiger partial charge in [0.2, 0.25) is 0 Å². The van der Waals surface area contributed by atoms with E-state index in [4.69, 9.17) is 4.74 Å². The Balaban J connectivity index is 2.73. The summed E-state index contributed by atoms with van der Waals surface area (Å²) < 4.78 is 5.86. The Morgan fingerprint density at radius 3 is 2.05 bits per heavy atom. The van der Waals surface area contributed by atoms with E-state index in [0.29, 0.717) is 6.42 Å². The lowest BCUT2D eigenvalue weighted by atomic mass is 10.1. The van der Waals surface area contributed by atoms with E-state index in [1.54, 1.807) is 0 Å². The van der Waals surface area contributed by atoms with Gasteiger partial charge in [-0.15, -0.1) is 0 Å². The van der Waals surface area contributed by atoms with Gasteiger partial charge in [-0.2, -0.15) is 0 Å². The minimum Gasteiger partial charge on any atom is -0.481 e. The third-order valence-electron chi connectivity index (χ3n) is 3.47. The van der Waals surface area contributed by atoms with Gasteiger partial charge in [-0.1, -0.05) is 26.8 Å². The van der Waals surface area contributed by atoms with E-state index in [2.05, 4.69) is 25.2 Å². The first-order valence-corrected chi connectivity index (χ1v) is 7.55. The first-order valence-electron chi connectivity index (χ1n) is 7.55. The van der Waals surface area contributed by atoms with Crippen molar-refractivity contribution in [2.24, 2.45) is 0 Å². The molecule has 0 aliphatic heterocycles. The van der Waals surface area contributed by atoms with Crippen molar-refractivity contribution in [3.05, 3.63) is 29.3 Å². The first-order chi connectivity index (χ1) is 9.49. The van der Waals surface area contributed by atoms with E-state index in [-0.39, 0.29) is 11.9 Å². The van der Waals surface area contributed by atoms with Crippen LogP contribution in [0.3, 0.4) is 0 Å². The molecule has 0 radical (unpaired) electrons. The molecule has 0 aromatic heterocycles. The summed E-state index contributed by atoms with van der Waals surface area (Å²) in [6.45, 7) is 10.2. The van der Waals surface area contributed by atoms with Crippen molar-refractivity contribution in [1.82, 2.24) is 5.32 Å². The molecule has 0 heterocycles. The van der Waals surface area contributed by atoms with Crippen LogP contribution >= 0.6 is 0 Å². The molecule has 1 amide bonds. The molecule has 1 atom stereocenters. The fourth-order valence-corrected chi connectivity index (χ4v) is 2.27. The Labute approximate surface area is 122 Å². The molecule has 1 unspecified atom stereocenters. The Kier molecular flexibility index (Phi) is 6.56. The minimum absolute atomic E-state index is 0.0136. The largest absolute Gasteiger partial charge is 0.481 e. The highest BCUT2D eigenvalue weighted by molar-refractivity contribution is 5.81. The van der Waals surface area contributed by atoms with Crippen molar-refractivity contribution in [2.45, 2.75) is 66.0 Å². The number of carbonyl (C=O) groups excluding carboxylic acids is 1. The van der Waals surface area contributed by atoms with Crippen molar-refractivity contribution in [3.63, 3.8) is 0 Å². The van der Waals surface area contributed by atoms with E-state index >= 15 is 0 Å². The Morgan fingerprint density at radius 1 is 1.05 bits per heavy atom. The van der Waals surface area contributed by atoms with E-state index in [1.807, 2.05) is 32.9 Å². The molecular weight excluding hydrogens is 250 g/mol. The summed E-state index contributed by atoms with van der Waals surface area (Å²) in [5.41, 5.74) is 2.30. The first kappa shape index (κ1) is 16.5. The SMILES string of the molecule is CCC(CC)NC(=O)C(CC)Oc1cc(C)cc(C)c1. The van der Waals surface area contributed by atoms with E-state index in [0.717, 1.165) is 29.7 Å². The summed E-state index contributed by atoms with van der Waals surface area (Å²) in [6, 6.07) is 6.28. The maximum absolute atomic E-state index is 12.2. The quantitative estimate of drug-likeness (QED) is 0.824. The van der Waals surface area contributed by atoms with Crippen LogP contribution in [0.5, 0.6) is 5.75 Å². The summed E-state index contributed by atoms with van der Waals surface area (Å²) in [5, 5.41) is 3.05. The lowest BCUT2D eigenvalue weighted by Gasteiger charge is -2.21. The second kappa shape index (κ2) is 7.93. The Bertz CT molecular complexity index is 418. The number of benzene rings is 1. The molecule has 0 spiro atoms. The van der Waals surface area contributed by atoms with Gasteiger partial charge in [-0.05, 0) is 56.4 Å². The average Bonchev–Trinajstić information content (AvgIpc) is 2.40. The van der Waals surface area contributed by atoms with Gasteiger partial charge in [0.05, 0.1) is 0 Å². The molecule has 3 heteroatoms. The highest BCUT2D eigenvalue weighted by Crippen LogP contribution is 2.18. The number of ether oxygens (including phenoxy) is 1. The Hall–Kier alpha value is -1.51. The Morgan fingerprint density at radius 2 is 1.60 bits per heavy atom. The van der Waals surface area contributed by atoms with Gasteiger partial charge < -0.3 is 10.1 Å². The second-order valence-corrected chi connectivity index (χ2v) is 5.36. The molecule has 1 aromatic rings. The summed E-state index contributed by atoms with van der Waals surface area (Å²) >= 11 is 0. The highest BCUT2D eigenvalue weighted by atomic mass is 16.5. The van der Waals surface area contributed by atoms with Gasteiger partial charge in [0.1, 0.15) is 5.75 Å². The van der Waals surface area contributed by atoms with Crippen molar-refractivity contribution < 1.29 is 9.53 Å². The molecule has 0 saturated carbocycles. The van der Waals surface area contributed by atoms with Gasteiger partial charge in [0.25, 0.3) is 5.91 Å². The van der Waals surface area contributed by atoms with Crippen molar-refractivity contribution in [1.29, 1.82) is 0 Å². The summed E-state index contributed by atoms with van der Waals surface area (Å²) in [7, 11) is 0. The van der Waals surface area contributed by atoms with Gasteiger partial charge in [0, 0.05) is 6.04 Å². The van der Waals surface area contributed by atoms with Crippen LogP contribution in [0.1, 0.15) is 51.2 Å². The number of hydrogen-bond acceptors (Lipinski definition) is 2. The highest BCUT2D eigenvalue weighted by Gasteiger charge is 2.20. The van der Waals surface area contributed by atoms with Crippen LogP contribution in [0.25, 0.3) is 0 Å². The summed E-state index contributed by atoms with van der Waals surface area (Å²) in [6.07, 6.45) is 2.14. The number of hydrogen-bond donors (Lipinski definition) is 1. The van der Waals surface area contributed by atoms with Crippen LogP contribution in [0, 0.1) is 13.8 Å². The van der Waals surface area contributed by atoms with Crippen molar-refractivity contribution in [2.75, 3.05) is 0 Å². The molecule has 0 fully saturated rings. The van der Waals surface area contributed by atoms with Crippen LogP contribution in [-0.2, 0) is 4.79 Å². The number of amides is 1. The predicted octanol–water partition coefficient (Wildman–Crippen LogP) is 3.77.